The van der Waals surface area contributed by atoms with Crippen LogP contribution in [0.5, 0.6) is 0 Å². The molecule has 1 aliphatic heterocycles. The van der Waals surface area contributed by atoms with Gasteiger partial charge in [0.1, 0.15) is 0 Å². The maximum Gasteiger partial charge on any atom is 0.264 e. The van der Waals surface area contributed by atoms with Crippen LogP contribution in [0.15, 0.2) is 24.3 Å². The van der Waals surface area contributed by atoms with Crippen LogP contribution < -0.4 is 0 Å². The fraction of sp³-hybridized carbons (Fsp3) is 0.333. The summed E-state index contributed by atoms with van der Waals surface area (Å²) in [5.74, 6) is -0.259. The zero-order chi connectivity index (χ0) is 11.5. The second-order valence-electron chi connectivity index (χ2n) is 3.75. The summed E-state index contributed by atoms with van der Waals surface area (Å²) in [6, 6.07) is 7.03. The van der Waals surface area contributed by atoms with Crippen molar-refractivity contribution in [1.82, 2.24) is 4.67 Å². The van der Waals surface area contributed by atoms with E-state index in [4.69, 9.17) is 0 Å². The highest BCUT2D eigenvalue weighted by atomic mass is 31.1. The topological polar surface area (TPSA) is 37.4 Å². The van der Waals surface area contributed by atoms with Gasteiger partial charge in [-0.25, -0.2) is 0 Å². The number of hydrogen-bond acceptors (Lipinski definition) is 2. The molecule has 2 rings (SSSR count). The first-order chi connectivity index (χ1) is 7.75. The number of benzene rings is 1. The standard InChI is InChI=1S/C12H14NO2P/c1-2-3-8-16-13-11(14)9-6-4-5-7-10(9)12(13)15/h4-7,16H,2-3,8H2,1H3. The van der Waals surface area contributed by atoms with Crippen molar-refractivity contribution in [2.75, 3.05) is 6.16 Å². The number of carbonyl (C=O) groups excluding carboxylic acids is 2. The van der Waals surface area contributed by atoms with Gasteiger partial charge in [0, 0.05) is 0 Å². The highest BCUT2D eigenvalue weighted by Crippen LogP contribution is 2.32. The minimum absolute atomic E-state index is 0.130. The van der Waals surface area contributed by atoms with Crippen molar-refractivity contribution in [3.8, 4) is 0 Å². The van der Waals surface area contributed by atoms with Gasteiger partial charge in [0.05, 0.1) is 11.1 Å². The highest BCUT2D eigenvalue weighted by Gasteiger charge is 2.34. The van der Waals surface area contributed by atoms with E-state index in [2.05, 4.69) is 6.92 Å². The third kappa shape index (κ3) is 1.88. The lowest BCUT2D eigenvalue weighted by Crippen LogP contribution is -2.21. The Kier molecular flexibility index (Phi) is 3.35. The smallest absolute Gasteiger partial charge is 0.264 e. The summed E-state index contributed by atoms with van der Waals surface area (Å²) in [4.78, 5) is 23.8. The third-order valence-corrected chi connectivity index (χ3v) is 3.89. The van der Waals surface area contributed by atoms with Crippen LogP contribution in [0.25, 0.3) is 0 Å². The average Bonchev–Trinajstić information content (AvgIpc) is 2.55. The van der Waals surface area contributed by atoms with E-state index in [1.807, 2.05) is 0 Å². The maximum absolute atomic E-state index is 11.9. The molecule has 0 aromatic heterocycles. The monoisotopic (exact) mass is 235 g/mol. The summed E-state index contributed by atoms with van der Waals surface area (Å²) < 4.78 is 1.39. The number of amides is 2. The number of rotatable bonds is 4. The van der Waals surface area contributed by atoms with E-state index in [1.54, 1.807) is 24.3 Å². The molecule has 0 saturated heterocycles. The van der Waals surface area contributed by atoms with Gasteiger partial charge in [-0.3, -0.25) is 14.3 Å². The molecule has 0 fully saturated rings. The van der Waals surface area contributed by atoms with E-state index in [-0.39, 0.29) is 20.5 Å². The SMILES string of the molecule is CCCCPN1C(=O)c2ccccc2C1=O. The van der Waals surface area contributed by atoms with Gasteiger partial charge >= 0.3 is 0 Å². The number of imide groups is 1. The van der Waals surface area contributed by atoms with E-state index in [9.17, 15) is 9.59 Å². The van der Waals surface area contributed by atoms with Gasteiger partial charge in [0.15, 0.2) is 0 Å². The molecule has 1 aliphatic rings. The molecule has 3 nitrogen and oxygen atoms in total. The highest BCUT2D eigenvalue weighted by molar-refractivity contribution is 7.37. The first-order valence-corrected chi connectivity index (χ1v) is 6.62. The second-order valence-corrected chi connectivity index (χ2v) is 5.02. The van der Waals surface area contributed by atoms with Gasteiger partial charge in [0.25, 0.3) is 11.8 Å². The molecular formula is C12H14NO2P. The van der Waals surface area contributed by atoms with Crippen molar-refractivity contribution in [3.63, 3.8) is 0 Å². The van der Waals surface area contributed by atoms with Crippen molar-refractivity contribution in [2.45, 2.75) is 19.8 Å². The lowest BCUT2D eigenvalue weighted by atomic mass is 10.1. The number of unbranched alkanes of at least 4 members (excludes halogenated alkanes) is 1. The van der Waals surface area contributed by atoms with E-state index in [0.29, 0.717) is 11.1 Å². The molecule has 1 aromatic rings. The van der Waals surface area contributed by atoms with Crippen LogP contribution >= 0.6 is 8.73 Å². The van der Waals surface area contributed by atoms with Crippen LogP contribution in [-0.2, 0) is 0 Å². The lowest BCUT2D eigenvalue weighted by molar-refractivity contribution is 0.0772. The third-order valence-electron chi connectivity index (χ3n) is 2.59. The Bertz CT molecular complexity index is 396. The van der Waals surface area contributed by atoms with Gasteiger partial charge in [-0.2, -0.15) is 0 Å². The largest absolute Gasteiger partial charge is 0.268 e. The Hall–Kier alpha value is -1.21. The van der Waals surface area contributed by atoms with Crippen molar-refractivity contribution < 1.29 is 9.59 Å². The minimum Gasteiger partial charge on any atom is -0.268 e. The molecule has 0 spiro atoms. The van der Waals surface area contributed by atoms with Gasteiger partial charge in [-0.05, 0) is 33.4 Å². The Morgan fingerprint density at radius 2 is 1.69 bits per heavy atom. The summed E-state index contributed by atoms with van der Waals surface area (Å²) in [6.07, 6.45) is 3.07. The predicted octanol–water partition coefficient (Wildman–Crippen LogP) is 2.68. The molecule has 0 N–H and O–H groups in total. The van der Waals surface area contributed by atoms with Gasteiger partial charge in [-0.1, -0.05) is 25.5 Å². The van der Waals surface area contributed by atoms with Crippen molar-refractivity contribution in [2.24, 2.45) is 0 Å². The van der Waals surface area contributed by atoms with Crippen molar-refractivity contribution in [3.05, 3.63) is 35.4 Å². The molecular weight excluding hydrogens is 221 g/mol. The Morgan fingerprint density at radius 1 is 1.12 bits per heavy atom. The van der Waals surface area contributed by atoms with Gasteiger partial charge in [0.2, 0.25) is 0 Å². The number of hydrogen-bond donors (Lipinski definition) is 0. The molecule has 84 valence electrons. The number of carbonyl (C=O) groups is 2. The molecule has 0 bridgehead atoms. The minimum atomic E-state index is -0.130. The Balaban J connectivity index is 2.15. The van der Waals surface area contributed by atoms with Crippen LogP contribution in [0.1, 0.15) is 40.5 Å². The van der Waals surface area contributed by atoms with E-state index in [0.717, 1.165) is 19.0 Å². The summed E-state index contributed by atoms with van der Waals surface area (Å²) in [6.45, 7) is 2.10. The van der Waals surface area contributed by atoms with Crippen LogP contribution in [0.2, 0.25) is 0 Å². The van der Waals surface area contributed by atoms with Crippen LogP contribution in [0.3, 0.4) is 0 Å². The van der Waals surface area contributed by atoms with E-state index in [1.165, 1.54) is 4.67 Å². The molecule has 1 unspecified atom stereocenters. The van der Waals surface area contributed by atoms with Gasteiger partial charge < -0.3 is 0 Å². The normalized spacial score (nSPS) is 15.2. The number of fused-ring (bicyclic) bond motifs is 1. The first-order valence-electron chi connectivity index (χ1n) is 5.47. The summed E-state index contributed by atoms with van der Waals surface area (Å²) in [5, 5.41) is 0. The van der Waals surface area contributed by atoms with E-state index >= 15 is 0 Å². The lowest BCUT2D eigenvalue weighted by Gasteiger charge is -2.12. The molecule has 16 heavy (non-hydrogen) atoms. The first kappa shape index (κ1) is 11.3. The molecule has 0 radical (unpaired) electrons. The van der Waals surface area contributed by atoms with Crippen molar-refractivity contribution in [1.29, 1.82) is 0 Å². The van der Waals surface area contributed by atoms with Gasteiger partial charge in [-0.15, -0.1) is 0 Å². The Morgan fingerprint density at radius 3 is 2.19 bits per heavy atom. The molecule has 2 amide bonds. The fourth-order valence-electron chi connectivity index (χ4n) is 1.70. The molecule has 4 heteroatoms. The molecule has 1 aromatic carbocycles. The average molecular weight is 235 g/mol. The zero-order valence-corrected chi connectivity index (χ0v) is 10.2. The summed E-state index contributed by atoms with van der Waals surface area (Å²) in [7, 11) is 0.284. The van der Waals surface area contributed by atoms with Crippen molar-refractivity contribution >= 4 is 20.5 Å². The summed E-state index contributed by atoms with van der Waals surface area (Å²) >= 11 is 0. The second kappa shape index (κ2) is 4.75. The molecule has 1 heterocycles. The predicted molar refractivity (Wildman–Crippen MR) is 65.0 cm³/mol. The Labute approximate surface area is 96.7 Å². The summed E-state index contributed by atoms with van der Waals surface area (Å²) in [5.41, 5.74) is 1.10. The zero-order valence-electron chi connectivity index (χ0n) is 9.19. The van der Waals surface area contributed by atoms with E-state index < -0.39 is 0 Å². The van der Waals surface area contributed by atoms with Crippen LogP contribution in [-0.4, -0.2) is 22.6 Å². The quantitative estimate of drug-likeness (QED) is 0.457. The molecule has 0 aliphatic carbocycles. The molecule has 0 saturated carbocycles. The number of nitrogens with zero attached hydrogens (tertiary/aromatic N) is 1. The van der Waals surface area contributed by atoms with Crippen LogP contribution in [0, 0.1) is 0 Å². The maximum atomic E-state index is 11.9. The van der Waals surface area contributed by atoms with Crippen LogP contribution in [0.4, 0.5) is 0 Å². The molecule has 1 atom stereocenters. The fourth-order valence-corrected chi connectivity index (χ4v) is 2.96.